The van der Waals surface area contributed by atoms with Gasteiger partial charge in [0.1, 0.15) is 0 Å². The van der Waals surface area contributed by atoms with E-state index in [1.165, 1.54) is 70.9 Å². The van der Waals surface area contributed by atoms with Crippen molar-refractivity contribution in [3.63, 3.8) is 0 Å². The van der Waals surface area contributed by atoms with E-state index in [2.05, 4.69) is 11.8 Å². The Hall–Kier alpha value is -0.0800. The first kappa shape index (κ1) is 13.4. The van der Waals surface area contributed by atoms with Crippen LogP contribution in [-0.2, 0) is 0 Å². The number of hydrogen-bond donors (Lipinski definition) is 1. The number of rotatable bonds is 6. The molecule has 2 saturated carbocycles. The Morgan fingerprint density at radius 3 is 2.24 bits per heavy atom. The molecule has 0 aliphatic heterocycles. The van der Waals surface area contributed by atoms with Crippen molar-refractivity contribution in [2.75, 3.05) is 19.6 Å². The highest BCUT2D eigenvalue weighted by atomic mass is 15.2. The Kier molecular flexibility index (Phi) is 4.87. The Balaban J connectivity index is 1.94. The number of hydrogen-bond acceptors (Lipinski definition) is 2. The maximum Gasteiger partial charge on any atom is 0.00966 e. The fraction of sp³-hybridized carbons (Fsp3) is 1.00. The number of nitrogens with zero attached hydrogens (tertiary/aromatic N) is 1. The monoisotopic (exact) mass is 238 g/mol. The molecule has 0 bridgehead atoms. The molecule has 2 heteroatoms. The first-order valence-corrected chi connectivity index (χ1v) is 7.74. The van der Waals surface area contributed by atoms with Crippen LogP contribution in [0.2, 0.25) is 0 Å². The topological polar surface area (TPSA) is 29.3 Å². The van der Waals surface area contributed by atoms with Crippen molar-refractivity contribution in [2.24, 2.45) is 11.1 Å². The van der Waals surface area contributed by atoms with Crippen molar-refractivity contribution >= 4 is 0 Å². The summed E-state index contributed by atoms with van der Waals surface area (Å²) in [4.78, 5) is 2.75. The molecule has 0 unspecified atom stereocenters. The quantitative estimate of drug-likeness (QED) is 0.720. The third-order valence-corrected chi connectivity index (χ3v) is 4.71. The van der Waals surface area contributed by atoms with Gasteiger partial charge in [-0.05, 0) is 50.6 Å². The van der Waals surface area contributed by atoms with Gasteiger partial charge in [-0.15, -0.1) is 0 Å². The summed E-state index contributed by atoms with van der Waals surface area (Å²) in [6.45, 7) is 5.77. The third-order valence-electron chi connectivity index (χ3n) is 4.71. The van der Waals surface area contributed by atoms with E-state index in [0.29, 0.717) is 5.41 Å². The summed E-state index contributed by atoms with van der Waals surface area (Å²) in [5.74, 6) is 0. The zero-order valence-corrected chi connectivity index (χ0v) is 11.6. The van der Waals surface area contributed by atoms with Gasteiger partial charge in [0, 0.05) is 12.6 Å². The van der Waals surface area contributed by atoms with Gasteiger partial charge >= 0.3 is 0 Å². The molecule has 0 radical (unpaired) electrons. The molecule has 2 fully saturated rings. The van der Waals surface area contributed by atoms with Gasteiger partial charge in [-0.2, -0.15) is 0 Å². The molecule has 2 aliphatic rings. The molecular formula is C15H30N2. The highest BCUT2D eigenvalue weighted by Crippen LogP contribution is 2.38. The predicted molar refractivity (Wildman–Crippen MR) is 74.1 cm³/mol. The van der Waals surface area contributed by atoms with Gasteiger partial charge in [-0.1, -0.05) is 32.6 Å². The fourth-order valence-electron chi connectivity index (χ4n) is 3.45. The maximum absolute atomic E-state index is 6.15. The van der Waals surface area contributed by atoms with E-state index in [9.17, 15) is 0 Å². The standard InChI is InChI=1S/C15H30N2/c1-2-11-17(14-7-8-14)13-15(12-16)9-5-3-4-6-10-15/h14H,2-13,16H2,1H3. The van der Waals surface area contributed by atoms with Crippen LogP contribution in [0.3, 0.4) is 0 Å². The molecule has 0 aromatic heterocycles. The molecule has 0 aromatic rings. The van der Waals surface area contributed by atoms with E-state index in [0.717, 1.165) is 12.6 Å². The molecule has 2 aliphatic carbocycles. The lowest BCUT2D eigenvalue weighted by Crippen LogP contribution is -2.43. The molecule has 0 saturated heterocycles. The van der Waals surface area contributed by atoms with E-state index in [4.69, 9.17) is 5.73 Å². The SMILES string of the molecule is CCCN(CC1(CN)CCCCCC1)C1CC1. The highest BCUT2D eigenvalue weighted by molar-refractivity contribution is 4.91. The van der Waals surface area contributed by atoms with Gasteiger partial charge in [0.25, 0.3) is 0 Å². The van der Waals surface area contributed by atoms with Crippen molar-refractivity contribution in [3.05, 3.63) is 0 Å². The molecule has 0 atom stereocenters. The minimum absolute atomic E-state index is 0.453. The lowest BCUT2D eigenvalue weighted by molar-refractivity contribution is 0.129. The van der Waals surface area contributed by atoms with Gasteiger partial charge in [0.15, 0.2) is 0 Å². The van der Waals surface area contributed by atoms with E-state index in [1.54, 1.807) is 0 Å². The van der Waals surface area contributed by atoms with Crippen LogP contribution in [0.5, 0.6) is 0 Å². The van der Waals surface area contributed by atoms with Crippen molar-refractivity contribution < 1.29 is 0 Å². The van der Waals surface area contributed by atoms with Crippen molar-refractivity contribution in [3.8, 4) is 0 Å². The smallest absolute Gasteiger partial charge is 0.00966 e. The van der Waals surface area contributed by atoms with Crippen LogP contribution in [0.15, 0.2) is 0 Å². The van der Waals surface area contributed by atoms with Crippen LogP contribution in [0, 0.1) is 5.41 Å². The molecule has 0 heterocycles. The second-order valence-corrected chi connectivity index (χ2v) is 6.32. The lowest BCUT2D eigenvalue weighted by atomic mass is 9.79. The first-order valence-electron chi connectivity index (χ1n) is 7.74. The molecule has 0 amide bonds. The molecule has 2 nitrogen and oxygen atoms in total. The van der Waals surface area contributed by atoms with E-state index in [1.807, 2.05) is 0 Å². The second-order valence-electron chi connectivity index (χ2n) is 6.32. The summed E-state index contributed by atoms with van der Waals surface area (Å²) in [6, 6.07) is 0.904. The Labute approximate surface area is 107 Å². The third kappa shape index (κ3) is 3.69. The Morgan fingerprint density at radius 1 is 1.12 bits per heavy atom. The molecular weight excluding hydrogens is 208 g/mol. The molecule has 0 aromatic carbocycles. The van der Waals surface area contributed by atoms with Gasteiger partial charge in [-0.25, -0.2) is 0 Å². The van der Waals surface area contributed by atoms with Crippen molar-refractivity contribution in [2.45, 2.75) is 70.8 Å². The molecule has 2 N–H and O–H groups in total. The summed E-state index contributed by atoms with van der Waals surface area (Å²) in [5.41, 5.74) is 6.60. The summed E-state index contributed by atoms with van der Waals surface area (Å²) in [7, 11) is 0. The van der Waals surface area contributed by atoms with Gasteiger partial charge < -0.3 is 5.73 Å². The fourth-order valence-corrected chi connectivity index (χ4v) is 3.45. The summed E-state index contributed by atoms with van der Waals surface area (Å²) < 4.78 is 0. The minimum Gasteiger partial charge on any atom is -0.330 e. The summed E-state index contributed by atoms with van der Waals surface area (Å²) in [6.07, 6.45) is 12.6. The van der Waals surface area contributed by atoms with Crippen molar-refractivity contribution in [1.82, 2.24) is 4.90 Å². The molecule has 0 spiro atoms. The summed E-state index contributed by atoms with van der Waals surface area (Å²) >= 11 is 0. The highest BCUT2D eigenvalue weighted by Gasteiger charge is 2.36. The average molecular weight is 238 g/mol. The Morgan fingerprint density at radius 2 is 1.76 bits per heavy atom. The molecule has 17 heavy (non-hydrogen) atoms. The first-order chi connectivity index (χ1) is 8.29. The summed E-state index contributed by atoms with van der Waals surface area (Å²) in [5, 5.41) is 0. The van der Waals surface area contributed by atoms with Crippen LogP contribution in [-0.4, -0.2) is 30.6 Å². The van der Waals surface area contributed by atoms with E-state index < -0.39 is 0 Å². The van der Waals surface area contributed by atoms with E-state index >= 15 is 0 Å². The lowest BCUT2D eigenvalue weighted by Gasteiger charge is -2.37. The second kappa shape index (κ2) is 6.19. The van der Waals surface area contributed by atoms with Gasteiger partial charge in [0.2, 0.25) is 0 Å². The van der Waals surface area contributed by atoms with Crippen molar-refractivity contribution in [1.29, 1.82) is 0 Å². The predicted octanol–water partition coefficient (Wildman–Crippen LogP) is 3.16. The molecule has 100 valence electrons. The minimum atomic E-state index is 0.453. The van der Waals surface area contributed by atoms with Gasteiger partial charge in [0.05, 0.1) is 0 Å². The zero-order chi connectivity index (χ0) is 12.1. The van der Waals surface area contributed by atoms with E-state index in [-0.39, 0.29) is 0 Å². The van der Waals surface area contributed by atoms with Crippen LogP contribution in [0.1, 0.15) is 64.7 Å². The van der Waals surface area contributed by atoms with Gasteiger partial charge in [-0.3, -0.25) is 4.90 Å². The molecule has 2 rings (SSSR count). The van der Waals surface area contributed by atoms with Crippen LogP contribution < -0.4 is 5.73 Å². The average Bonchev–Trinajstić information content (AvgIpc) is 3.16. The normalized spacial score (nSPS) is 24.9. The Bertz CT molecular complexity index is 215. The van der Waals surface area contributed by atoms with Crippen LogP contribution in [0.25, 0.3) is 0 Å². The maximum atomic E-state index is 6.15. The van der Waals surface area contributed by atoms with Crippen LogP contribution >= 0.6 is 0 Å². The largest absolute Gasteiger partial charge is 0.330 e. The zero-order valence-electron chi connectivity index (χ0n) is 11.6. The van der Waals surface area contributed by atoms with Crippen LogP contribution in [0.4, 0.5) is 0 Å². The number of nitrogens with two attached hydrogens (primary N) is 1.